The fourth-order valence-corrected chi connectivity index (χ4v) is 2.22. The van der Waals surface area contributed by atoms with Gasteiger partial charge in [-0.3, -0.25) is 10.1 Å². The number of rotatable bonds is 7. The molecule has 0 N–H and O–H groups in total. The maximum atomic E-state index is 10.7. The lowest BCUT2D eigenvalue weighted by Crippen LogP contribution is -1.96. The Labute approximate surface area is 144 Å². The topological polar surface area (TPSA) is 91.3 Å². The first-order chi connectivity index (χ1) is 12.2. The number of benzene rings is 2. The number of unbranched alkanes of at least 4 members (excludes halogenated alkanes) is 1. The Bertz CT molecular complexity index is 842. The molecular formula is C18H17N3O4. The Morgan fingerprint density at radius 1 is 1.08 bits per heavy atom. The number of nitro benzene ring substituents is 1. The van der Waals surface area contributed by atoms with Crippen LogP contribution in [0.15, 0.2) is 53.1 Å². The molecule has 0 aliphatic carbocycles. The van der Waals surface area contributed by atoms with Crippen molar-refractivity contribution in [2.24, 2.45) is 0 Å². The van der Waals surface area contributed by atoms with Crippen LogP contribution in [-0.2, 0) is 0 Å². The molecule has 0 aliphatic rings. The number of aromatic nitrogens is 2. The van der Waals surface area contributed by atoms with E-state index in [9.17, 15) is 10.1 Å². The maximum Gasteiger partial charge on any atom is 0.269 e. The van der Waals surface area contributed by atoms with Crippen molar-refractivity contribution in [2.75, 3.05) is 6.61 Å². The SMILES string of the molecule is CCCCOc1ccc(-c2noc(-c3ccc([N+](=O)[O-])cc3)n2)cc1. The van der Waals surface area contributed by atoms with E-state index in [4.69, 9.17) is 9.26 Å². The van der Waals surface area contributed by atoms with Gasteiger partial charge < -0.3 is 9.26 Å². The van der Waals surface area contributed by atoms with Crippen LogP contribution in [0.2, 0.25) is 0 Å². The van der Waals surface area contributed by atoms with E-state index >= 15 is 0 Å². The van der Waals surface area contributed by atoms with Gasteiger partial charge in [0.1, 0.15) is 5.75 Å². The molecule has 0 amide bonds. The normalized spacial score (nSPS) is 10.6. The minimum atomic E-state index is -0.451. The first-order valence-electron chi connectivity index (χ1n) is 7.99. The molecule has 1 aromatic heterocycles. The van der Waals surface area contributed by atoms with Crippen molar-refractivity contribution < 1.29 is 14.2 Å². The second-order valence-electron chi connectivity index (χ2n) is 5.45. The summed E-state index contributed by atoms with van der Waals surface area (Å²) in [4.78, 5) is 14.6. The van der Waals surface area contributed by atoms with Crippen LogP contribution < -0.4 is 4.74 Å². The zero-order valence-electron chi connectivity index (χ0n) is 13.7. The molecule has 0 unspecified atom stereocenters. The summed E-state index contributed by atoms with van der Waals surface area (Å²) in [6, 6.07) is 13.4. The molecule has 0 atom stereocenters. The van der Waals surface area contributed by atoms with Gasteiger partial charge in [0.05, 0.1) is 11.5 Å². The Balaban J connectivity index is 1.73. The van der Waals surface area contributed by atoms with Gasteiger partial charge in [-0.1, -0.05) is 18.5 Å². The molecule has 128 valence electrons. The Hall–Kier alpha value is -3.22. The molecule has 3 rings (SSSR count). The van der Waals surface area contributed by atoms with Crippen LogP contribution in [0.5, 0.6) is 5.75 Å². The van der Waals surface area contributed by atoms with E-state index < -0.39 is 4.92 Å². The summed E-state index contributed by atoms with van der Waals surface area (Å²) in [7, 11) is 0. The first kappa shape index (κ1) is 16.6. The van der Waals surface area contributed by atoms with Crippen molar-refractivity contribution in [2.45, 2.75) is 19.8 Å². The van der Waals surface area contributed by atoms with Gasteiger partial charge in [0.15, 0.2) is 0 Å². The smallest absolute Gasteiger partial charge is 0.269 e. The Morgan fingerprint density at radius 3 is 2.40 bits per heavy atom. The van der Waals surface area contributed by atoms with E-state index in [1.165, 1.54) is 12.1 Å². The molecule has 0 fully saturated rings. The van der Waals surface area contributed by atoms with E-state index in [1.54, 1.807) is 12.1 Å². The lowest BCUT2D eigenvalue weighted by molar-refractivity contribution is -0.384. The zero-order chi connectivity index (χ0) is 17.6. The molecule has 0 radical (unpaired) electrons. The number of nitrogens with zero attached hydrogens (tertiary/aromatic N) is 3. The summed E-state index contributed by atoms with van der Waals surface area (Å²) in [5.74, 6) is 1.57. The third-order valence-electron chi connectivity index (χ3n) is 3.63. The van der Waals surface area contributed by atoms with Crippen molar-refractivity contribution in [1.29, 1.82) is 0 Å². The molecule has 0 saturated heterocycles. The van der Waals surface area contributed by atoms with E-state index in [0.29, 0.717) is 23.9 Å². The van der Waals surface area contributed by atoms with E-state index in [-0.39, 0.29) is 5.69 Å². The maximum absolute atomic E-state index is 10.7. The highest BCUT2D eigenvalue weighted by molar-refractivity contribution is 5.61. The van der Waals surface area contributed by atoms with Gasteiger partial charge in [0.25, 0.3) is 11.6 Å². The van der Waals surface area contributed by atoms with Gasteiger partial charge in [0.2, 0.25) is 5.82 Å². The lowest BCUT2D eigenvalue weighted by Gasteiger charge is -2.04. The van der Waals surface area contributed by atoms with Crippen molar-refractivity contribution in [1.82, 2.24) is 10.1 Å². The van der Waals surface area contributed by atoms with Gasteiger partial charge in [-0.05, 0) is 42.8 Å². The minimum absolute atomic E-state index is 0.0159. The van der Waals surface area contributed by atoms with Crippen LogP contribution in [-0.4, -0.2) is 21.7 Å². The molecule has 0 saturated carbocycles. The second kappa shape index (κ2) is 7.57. The summed E-state index contributed by atoms with van der Waals surface area (Å²) in [6.45, 7) is 2.81. The number of ether oxygens (including phenoxy) is 1. The quantitative estimate of drug-likeness (QED) is 0.358. The molecule has 0 spiro atoms. The number of non-ortho nitro benzene ring substituents is 1. The van der Waals surface area contributed by atoms with Crippen molar-refractivity contribution in [3.63, 3.8) is 0 Å². The summed E-state index contributed by atoms with van der Waals surface area (Å²) in [5, 5.41) is 14.7. The Kier molecular flexibility index (Phi) is 5.03. The Morgan fingerprint density at radius 2 is 1.76 bits per heavy atom. The zero-order valence-corrected chi connectivity index (χ0v) is 13.7. The summed E-state index contributed by atoms with van der Waals surface area (Å²) in [5.41, 5.74) is 1.45. The molecule has 1 heterocycles. The van der Waals surface area contributed by atoms with Gasteiger partial charge in [0, 0.05) is 23.3 Å². The standard InChI is InChI=1S/C18H17N3O4/c1-2-3-12-24-16-10-6-13(7-11-16)17-19-18(25-20-17)14-4-8-15(9-5-14)21(22)23/h4-11H,2-3,12H2,1H3. The monoisotopic (exact) mass is 339 g/mol. The molecule has 3 aromatic rings. The molecule has 0 bridgehead atoms. The summed E-state index contributed by atoms with van der Waals surface area (Å²) >= 11 is 0. The van der Waals surface area contributed by atoms with E-state index in [2.05, 4.69) is 17.1 Å². The molecule has 7 nitrogen and oxygen atoms in total. The molecule has 2 aromatic carbocycles. The molecule has 0 aliphatic heterocycles. The summed E-state index contributed by atoms with van der Waals surface area (Å²) in [6.07, 6.45) is 2.11. The van der Waals surface area contributed by atoms with Crippen molar-refractivity contribution >= 4 is 5.69 Å². The van der Waals surface area contributed by atoms with Crippen LogP contribution >= 0.6 is 0 Å². The van der Waals surface area contributed by atoms with Crippen LogP contribution in [0.4, 0.5) is 5.69 Å². The second-order valence-corrected chi connectivity index (χ2v) is 5.45. The van der Waals surface area contributed by atoms with Gasteiger partial charge in [-0.25, -0.2) is 0 Å². The van der Waals surface area contributed by atoms with Gasteiger partial charge >= 0.3 is 0 Å². The highest BCUT2D eigenvalue weighted by atomic mass is 16.6. The molecule has 25 heavy (non-hydrogen) atoms. The van der Waals surface area contributed by atoms with Crippen LogP contribution in [0.25, 0.3) is 22.8 Å². The van der Waals surface area contributed by atoms with Crippen LogP contribution in [0.1, 0.15) is 19.8 Å². The highest BCUT2D eigenvalue weighted by Gasteiger charge is 2.12. The fourth-order valence-electron chi connectivity index (χ4n) is 2.22. The first-order valence-corrected chi connectivity index (χ1v) is 7.99. The van der Waals surface area contributed by atoms with Crippen molar-refractivity contribution in [3.8, 4) is 28.6 Å². The fraction of sp³-hybridized carbons (Fsp3) is 0.222. The molecular weight excluding hydrogens is 322 g/mol. The molecule has 7 heteroatoms. The predicted molar refractivity (Wildman–Crippen MR) is 92.2 cm³/mol. The third kappa shape index (κ3) is 4.00. The van der Waals surface area contributed by atoms with E-state index in [1.807, 2.05) is 24.3 Å². The number of hydrogen-bond acceptors (Lipinski definition) is 6. The highest BCUT2D eigenvalue weighted by Crippen LogP contribution is 2.25. The third-order valence-corrected chi connectivity index (χ3v) is 3.63. The van der Waals surface area contributed by atoms with Crippen LogP contribution in [0.3, 0.4) is 0 Å². The van der Waals surface area contributed by atoms with Gasteiger partial charge in [-0.2, -0.15) is 4.98 Å². The average Bonchev–Trinajstić information content (AvgIpc) is 3.13. The minimum Gasteiger partial charge on any atom is -0.494 e. The van der Waals surface area contributed by atoms with Crippen LogP contribution in [0, 0.1) is 10.1 Å². The van der Waals surface area contributed by atoms with Crippen molar-refractivity contribution in [3.05, 3.63) is 58.6 Å². The van der Waals surface area contributed by atoms with Gasteiger partial charge in [-0.15, -0.1) is 0 Å². The average molecular weight is 339 g/mol. The predicted octanol–water partition coefficient (Wildman–Crippen LogP) is 4.49. The van der Waals surface area contributed by atoms with E-state index in [0.717, 1.165) is 24.2 Å². The number of nitro groups is 1. The summed E-state index contributed by atoms with van der Waals surface area (Å²) < 4.78 is 10.9. The lowest BCUT2D eigenvalue weighted by atomic mass is 10.2. The largest absolute Gasteiger partial charge is 0.494 e. The number of hydrogen-bond donors (Lipinski definition) is 0.